The van der Waals surface area contributed by atoms with Gasteiger partial charge in [-0.2, -0.15) is 0 Å². The molecule has 0 unspecified atom stereocenters. The van der Waals surface area contributed by atoms with E-state index in [1.165, 1.54) is 13.0 Å². The molecule has 3 aromatic rings. The van der Waals surface area contributed by atoms with Gasteiger partial charge in [-0.05, 0) is 31.5 Å². The molecule has 0 radical (unpaired) electrons. The Labute approximate surface area is 120 Å². The molecular weight excluding hydrogens is 272 g/mol. The normalized spacial score (nSPS) is 11.0. The Kier molecular flexibility index (Phi) is 3.09. The number of benzene rings is 2. The summed E-state index contributed by atoms with van der Waals surface area (Å²) in [4.78, 5) is 15.7. The van der Waals surface area contributed by atoms with Crippen molar-refractivity contribution in [3.05, 3.63) is 70.4 Å². The number of H-pyrrole nitrogens is 1. The second-order valence-electron chi connectivity index (χ2n) is 5.08. The summed E-state index contributed by atoms with van der Waals surface area (Å²) in [5.41, 5.74) is 2.05. The summed E-state index contributed by atoms with van der Waals surface area (Å²) in [5, 5.41) is 0.737. The van der Waals surface area contributed by atoms with Crippen LogP contribution in [0.1, 0.15) is 27.2 Å². The fourth-order valence-corrected chi connectivity index (χ4v) is 2.54. The zero-order valence-electron chi connectivity index (χ0n) is 11.6. The third-order valence-electron chi connectivity index (χ3n) is 3.61. The third kappa shape index (κ3) is 2.13. The van der Waals surface area contributed by atoms with Gasteiger partial charge >= 0.3 is 0 Å². The first-order chi connectivity index (χ1) is 9.99. The number of para-hydroxylation sites is 1. The molecule has 0 aliphatic rings. The molecule has 0 atom stereocenters. The molecule has 0 saturated heterocycles. The smallest absolute Gasteiger partial charge is 0.198 e. The maximum atomic E-state index is 13.9. The largest absolute Gasteiger partial charge is 0.358 e. The number of halogens is 2. The zero-order valence-corrected chi connectivity index (χ0v) is 11.6. The molecule has 0 aliphatic heterocycles. The van der Waals surface area contributed by atoms with E-state index >= 15 is 0 Å². The second-order valence-corrected chi connectivity index (χ2v) is 5.08. The van der Waals surface area contributed by atoms with Crippen LogP contribution in [0.25, 0.3) is 10.9 Å². The number of fused-ring (bicyclic) bond motifs is 1. The highest BCUT2D eigenvalue weighted by Gasteiger charge is 2.21. The Hall–Kier alpha value is -2.49. The number of hydrogen-bond acceptors (Lipinski definition) is 1. The average molecular weight is 285 g/mol. The SMILES string of the molecule is Cc1cc(C(=O)c2c(C)[nH]c3ccccc23)c(F)cc1F. The van der Waals surface area contributed by atoms with Crippen molar-refractivity contribution in [2.75, 3.05) is 0 Å². The summed E-state index contributed by atoms with van der Waals surface area (Å²) in [6.45, 7) is 3.27. The number of nitrogens with one attached hydrogen (secondary N) is 1. The number of carbonyl (C=O) groups is 1. The minimum atomic E-state index is -0.840. The standard InChI is InChI=1S/C17H13F2NO/c1-9-7-12(14(19)8-13(9)18)17(21)16-10(2)20-15-6-4-3-5-11(15)16/h3-8,20H,1-2H3. The highest BCUT2D eigenvalue weighted by atomic mass is 19.1. The minimum absolute atomic E-state index is 0.109. The lowest BCUT2D eigenvalue weighted by molar-refractivity contribution is 0.103. The number of hydrogen-bond donors (Lipinski definition) is 1. The van der Waals surface area contributed by atoms with Crippen molar-refractivity contribution in [3.63, 3.8) is 0 Å². The predicted molar refractivity (Wildman–Crippen MR) is 77.6 cm³/mol. The Morgan fingerprint density at radius 2 is 1.76 bits per heavy atom. The lowest BCUT2D eigenvalue weighted by Crippen LogP contribution is -2.07. The highest BCUT2D eigenvalue weighted by molar-refractivity contribution is 6.17. The van der Waals surface area contributed by atoms with Gasteiger partial charge in [-0.1, -0.05) is 18.2 Å². The van der Waals surface area contributed by atoms with Crippen LogP contribution >= 0.6 is 0 Å². The third-order valence-corrected chi connectivity index (χ3v) is 3.61. The predicted octanol–water partition coefficient (Wildman–Crippen LogP) is 4.29. The number of rotatable bonds is 2. The molecule has 4 heteroatoms. The van der Waals surface area contributed by atoms with E-state index in [1.54, 1.807) is 13.0 Å². The van der Waals surface area contributed by atoms with Gasteiger partial charge in [-0.3, -0.25) is 4.79 Å². The van der Waals surface area contributed by atoms with E-state index in [9.17, 15) is 13.6 Å². The Morgan fingerprint density at radius 3 is 2.52 bits per heavy atom. The first-order valence-electron chi connectivity index (χ1n) is 6.56. The number of ketones is 1. The van der Waals surface area contributed by atoms with Gasteiger partial charge < -0.3 is 4.98 Å². The van der Waals surface area contributed by atoms with Gasteiger partial charge in [0.25, 0.3) is 0 Å². The van der Waals surface area contributed by atoms with E-state index < -0.39 is 17.4 Å². The molecule has 3 rings (SSSR count). The van der Waals surface area contributed by atoms with Gasteiger partial charge in [-0.15, -0.1) is 0 Å². The van der Waals surface area contributed by atoms with Gasteiger partial charge in [0.05, 0.1) is 11.1 Å². The topological polar surface area (TPSA) is 32.9 Å². The summed E-state index contributed by atoms with van der Waals surface area (Å²) in [6, 6.07) is 9.35. The van der Waals surface area contributed by atoms with E-state index in [0.29, 0.717) is 11.3 Å². The number of aromatic amines is 1. The number of carbonyl (C=O) groups excluding carboxylic acids is 1. The molecule has 0 amide bonds. The first-order valence-corrected chi connectivity index (χ1v) is 6.56. The summed E-state index contributed by atoms with van der Waals surface area (Å²) < 4.78 is 27.3. The van der Waals surface area contributed by atoms with E-state index in [0.717, 1.165) is 17.0 Å². The fraction of sp³-hybridized carbons (Fsp3) is 0.118. The summed E-state index contributed by atoms with van der Waals surface area (Å²) in [6.07, 6.45) is 0. The van der Waals surface area contributed by atoms with Crippen LogP contribution in [0.2, 0.25) is 0 Å². The summed E-state index contributed by atoms with van der Waals surface area (Å²) >= 11 is 0. The maximum absolute atomic E-state index is 13.9. The molecule has 0 fully saturated rings. The summed E-state index contributed by atoms with van der Waals surface area (Å²) in [7, 11) is 0. The van der Waals surface area contributed by atoms with E-state index in [1.807, 2.05) is 18.2 Å². The van der Waals surface area contributed by atoms with Crippen molar-refractivity contribution >= 4 is 16.7 Å². The Morgan fingerprint density at radius 1 is 1.05 bits per heavy atom. The lowest BCUT2D eigenvalue weighted by Gasteiger charge is -2.05. The van der Waals surface area contributed by atoms with Crippen molar-refractivity contribution in [3.8, 4) is 0 Å². The first kappa shape index (κ1) is 13.5. The molecule has 1 N–H and O–H groups in total. The number of aromatic nitrogens is 1. The maximum Gasteiger partial charge on any atom is 0.198 e. The van der Waals surface area contributed by atoms with Crippen molar-refractivity contribution in [2.24, 2.45) is 0 Å². The molecule has 2 aromatic carbocycles. The van der Waals surface area contributed by atoms with Gasteiger partial charge in [0.2, 0.25) is 0 Å². The van der Waals surface area contributed by atoms with Crippen LogP contribution in [0.15, 0.2) is 36.4 Å². The minimum Gasteiger partial charge on any atom is -0.358 e. The highest BCUT2D eigenvalue weighted by Crippen LogP contribution is 2.26. The van der Waals surface area contributed by atoms with Crippen molar-refractivity contribution < 1.29 is 13.6 Å². The van der Waals surface area contributed by atoms with Crippen molar-refractivity contribution in [1.82, 2.24) is 4.98 Å². The van der Waals surface area contributed by atoms with Gasteiger partial charge in [-0.25, -0.2) is 8.78 Å². The molecule has 2 nitrogen and oxygen atoms in total. The monoisotopic (exact) mass is 285 g/mol. The molecular formula is C17H13F2NO. The van der Waals surface area contributed by atoms with Crippen LogP contribution < -0.4 is 0 Å². The fourth-order valence-electron chi connectivity index (χ4n) is 2.54. The zero-order chi connectivity index (χ0) is 15.1. The average Bonchev–Trinajstić information content (AvgIpc) is 2.78. The quantitative estimate of drug-likeness (QED) is 0.700. The van der Waals surface area contributed by atoms with Gasteiger partial charge in [0.1, 0.15) is 11.6 Å². The van der Waals surface area contributed by atoms with Crippen LogP contribution in [0.5, 0.6) is 0 Å². The number of aryl methyl sites for hydroxylation is 2. The second kappa shape index (κ2) is 4.81. The molecule has 1 heterocycles. The molecule has 106 valence electrons. The van der Waals surface area contributed by atoms with E-state index in [4.69, 9.17) is 0 Å². The van der Waals surface area contributed by atoms with Crippen LogP contribution in [0.3, 0.4) is 0 Å². The van der Waals surface area contributed by atoms with Gasteiger partial charge in [0.15, 0.2) is 5.78 Å². The Balaban J connectivity index is 2.22. The van der Waals surface area contributed by atoms with Crippen LogP contribution in [0, 0.1) is 25.5 Å². The van der Waals surface area contributed by atoms with Crippen LogP contribution in [0.4, 0.5) is 8.78 Å². The molecule has 1 aromatic heterocycles. The van der Waals surface area contributed by atoms with Crippen LogP contribution in [-0.2, 0) is 0 Å². The van der Waals surface area contributed by atoms with Gasteiger partial charge in [0, 0.05) is 22.7 Å². The molecule has 0 saturated carbocycles. The molecule has 0 aliphatic carbocycles. The van der Waals surface area contributed by atoms with Crippen molar-refractivity contribution in [1.29, 1.82) is 0 Å². The van der Waals surface area contributed by atoms with E-state index in [2.05, 4.69) is 4.98 Å². The summed E-state index contributed by atoms with van der Waals surface area (Å²) in [5.74, 6) is -1.93. The molecule has 0 bridgehead atoms. The Bertz CT molecular complexity index is 865. The van der Waals surface area contributed by atoms with Crippen molar-refractivity contribution in [2.45, 2.75) is 13.8 Å². The lowest BCUT2D eigenvalue weighted by atomic mass is 9.98. The van der Waals surface area contributed by atoms with E-state index in [-0.39, 0.29) is 11.1 Å². The van der Waals surface area contributed by atoms with Crippen LogP contribution in [-0.4, -0.2) is 10.8 Å². The molecule has 0 spiro atoms. The molecule has 21 heavy (non-hydrogen) atoms.